The molecule has 1 aromatic heterocycles. The Labute approximate surface area is 128 Å². The highest BCUT2D eigenvalue weighted by atomic mass is 16.5. The van der Waals surface area contributed by atoms with Crippen LogP contribution in [0.5, 0.6) is 0 Å². The lowest BCUT2D eigenvalue weighted by molar-refractivity contribution is 0.0919. The maximum absolute atomic E-state index is 12.0. The van der Waals surface area contributed by atoms with Gasteiger partial charge in [0.15, 0.2) is 0 Å². The van der Waals surface area contributed by atoms with Gasteiger partial charge in [0.05, 0.1) is 5.69 Å². The van der Waals surface area contributed by atoms with E-state index in [0.29, 0.717) is 16.9 Å². The maximum Gasteiger partial charge on any atom is 0.294 e. The van der Waals surface area contributed by atoms with Crippen LogP contribution < -0.4 is 10.6 Å². The number of nitrogens with one attached hydrogen (secondary N) is 2. The van der Waals surface area contributed by atoms with Gasteiger partial charge in [-0.1, -0.05) is 5.16 Å². The number of aromatic nitrogens is 1. The Kier molecular flexibility index (Phi) is 4.30. The molecule has 0 fully saturated rings. The third-order valence-corrected chi connectivity index (χ3v) is 2.75. The molecule has 0 aliphatic heterocycles. The van der Waals surface area contributed by atoms with Gasteiger partial charge in [0.2, 0.25) is 5.76 Å². The quantitative estimate of drug-likeness (QED) is 0.913. The minimum absolute atomic E-state index is 0.145. The number of carbonyl (C=O) groups excluding carboxylic acids is 2. The average molecular weight is 301 g/mol. The molecule has 2 rings (SSSR count). The molecule has 0 bridgehead atoms. The molecule has 2 amide bonds. The van der Waals surface area contributed by atoms with Crippen LogP contribution in [0.4, 0.5) is 5.69 Å². The fourth-order valence-corrected chi connectivity index (χ4v) is 1.78. The molecule has 0 unspecified atom stereocenters. The summed E-state index contributed by atoms with van der Waals surface area (Å²) in [4.78, 5) is 23.9. The summed E-state index contributed by atoms with van der Waals surface area (Å²) >= 11 is 0. The summed E-state index contributed by atoms with van der Waals surface area (Å²) in [5.74, 6) is -0.393. The van der Waals surface area contributed by atoms with Gasteiger partial charge in [-0.2, -0.15) is 0 Å². The molecule has 2 aromatic rings. The molecule has 2 N–H and O–H groups in total. The van der Waals surface area contributed by atoms with E-state index in [2.05, 4.69) is 15.8 Å². The molecule has 0 saturated heterocycles. The summed E-state index contributed by atoms with van der Waals surface area (Å²) in [6, 6.07) is 8.20. The summed E-state index contributed by atoms with van der Waals surface area (Å²) < 4.78 is 4.89. The molecule has 0 atom stereocenters. The minimum Gasteiger partial charge on any atom is -0.351 e. The van der Waals surface area contributed by atoms with Crippen molar-refractivity contribution >= 4 is 17.5 Å². The van der Waals surface area contributed by atoms with Gasteiger partial charge in [-0.05, 0) is 52.0 Å². The second-order valence-electron chi connectivity index (χ2n) is 6.07. The summed E-state index contributed by atoms with van der Waals surface area (Å²) in [5, 5.41) is 9.22. The van der Waals surface area contributed by atoms with Crippen molar-refractivity contribution in [3.8, 4) is 0 Å². The average Bonchev–Trinajstić information content (AvgIpc) is 2.84. The van der Waals surface area contributed by atoms with Gasteiger partial charge in [0.25, 0.3) is 11.8 Å². The maximum atomic E-state index is 12.0. The number of aryl methyl sites for hydroxylation is 1. The van der Waals surface area contributed by atoms with Crippen LogP contribution in [-0.2, 0) is 0 Å². The Morgan fingerprint density at radius 2 is 1.73 bits per heavy atom. The van der Waals surface area contributed by atoms with Crippen LogP contribution in [0.15, 0.2) is 34.9 Å². The van der Waals surface area contributed by atoms with Crippen LogP contribution in [-0.4, -0.2) is 22.5 Å². The lowest BCUT2D eigenvalue weighted by atomic mass is 10.1. The lowest BCUT2D eigenvalue weighted by Gasteiger charge is -2.20. The van der Waals surface area contributed by atoms with Crippen molar-refractivity contribution < 1.29 is 14.1 Å². The number of rotatable bonds is 3. The molecule has 116 valence electrons. The summed E-state index contributed by atoms with van der Waals surface area (Å²) in [6.07, 6.45) is 0. The standard InChI is InChI=1S/C16H19N3O3/c1-10-9-13(22-19-10)15(21)17-12-7-5-11(6-8-12)14(20)18-16(2,3)4/h5-9H,1-4H3,(H,17,21)(H,18,20). The van der Waals surface area contributed by atoms with Crippen molar-refractivity contribution in [1.29, 1.82) is 0 Å². The van der Waals surface area contributed by atoms with Gasteiger partial charge in [0, 0.05) is 22.9 Å². The van der Waals surface area contributed by atoms with Crippen LogP contribution in [0.25, 0.3) is 0 Å². The van der Waals surface area contributed by atoms with Crippen molar-refractivity contribution in [3.63, 3.8) is 0 Å². The predicted octanol–water partition coefficient (Wildman–Crippen LogP) is 2.76. The number of amides is 2. The molecule has 1 aromatic carbocycles. The number of carbonyl (C=O) groups is 2. The molecule has 0 spiro atoms. The van der Waals surface area contributed by atoms with E-state index in [1.165, 1.54) is 0 Å². The van der Waals surface area contributed by atoms with Crippen LogP contribution in [0.3, 0.4) is 0 Å². The predicted molar refractivity (Wildman–Crippen MR) is 82.9 cm³/mol. The first-order valence-corrected chi connectivity index (χ1v) is 6.92. The molecule has 22 heavy (non-hydrogen) atoms. The highest BCUT2D eigenvalue weighted by Gasteiger charge is 2.16. The zero-order chi connectivity index (χ0) is 16.3. The molecule has 0 saturated carbocycles. The molecular weight excluding hydrogens is 282 g/mol. The first kappa shape index (κ1) is 15.8. The molecule has 1 heterocycles. The van der Waals surface area contributed by atoms with Gasteiger partial charge in [0.1, 0.15) is 0 Å². The third kappa shape index (κ3) is 4.18. The molecule has 0 radical (unpaired) electrons. The smallest absolute Gasteiger partial charge is 0.294 e. The zero-order valence-corrected chi connectivity index (χ0v) is 13.1. The van der Waals surface area contributed by atoms with Gasteiger partial charge >= 0.3 is 0 Å². The highest BCUT2D eigenvalue weighted by molar-refractivity contribution is 6.02. The van der Waals surface area contributed by atoms with E-state index in [1.807, 2.05) is 20.8 Å². The molecule has 6 heteroatoms. The first-order chi connectivity index (χ1) is 10.2. The third-order valence-electron chi connectivity index (χ3n) is 2.75. The number of benzene rings is 1. The Hall–Kier alpha value is -2.63. The van der Waals surface area contributed by atoms with E-state index in [4.69, 9.17) is 4.52 Å². The fraction of sp³-hybridized carbons (Fsp3) is 0.312. The van der Waals surface area contributed by atoms with Gasteiger partial charge in [-0.3, -0.25) is 9.59 Å². The number of nitrogens with zero attached hydrogens (tertiary/aromatic N) is 1. The van der Waals surface area contributed by atoms with Gasteiger partial charge in [-0.25, -0.2) is 0 Å². The second kappa shape index (κ2) is 6.01. The Bertz CT molecular complexity index is 681. The van der Waals surface area contributed by atoms with Crippen molar-refractivity contribution in [2.45, 2.75) is 33.2 Å². The molecule has 0 aliphatic carbocycles. The van der Waals surface area contributed by atoms with Crippen LogP contribution in [0.1, 0.15) is 47.4 Å². The molecule has 6 nitrogen and oxygen atoms in total. The van der Waals surface area contributed by atoms with E-state index in [0.717, 1.165) is 0 Å². The van der Waals surface area contributed by atoms with Crippen molar-refractivity contribution in [1.82, 2.24) is 10.5 Å². The van der Waals surface area contributed by atoms with Crippen molar-refractivity contribution in [3.05, 3.63) is 47.3 Å². The zero-order valence-electron chi connectivity index (χ0n) is 13.1. The van der Waals surface area contributed by atoms with Crippen LogP contribution in [0, 0.1) is 6.92 Å². The van der Waals surface area contributed by atoms with E-state index >= 15 is 0 Å². The Balaban J connectivity index is 2.03. The van der Waals surface area contributed by atoms with Crippen molar-refractivity contribution in [2.75, 3.05) is 5.32 Å². The summed E-state index contributed by atoms with van der Waals surface area (Å²) in [7, 11) is 0. The van der Waals surface area contributed by atoms with Gasteiger partial charge in [-0.15, -0.1) is 0 Å². The fourth-order valence-electron chi connectivity index (χ4n) is 1.78. The first-order valence-electron chi connectivity index (χ1n) is 6.92. The SMILES string of the molecule is Cc1cc(C(=O)Nc2ccc(C(=O)NC(C)(C)C)cc2)on1. The van der Waals surface area contributed by atoms with Crippen molar-refractivity contribution in [2.24, 2.45) is 0 Å². The summed E-state index contributed by atoms with van der Waals surface area (Å²) in [6.45, 7) is 7.49. The second-order valence-corrected chi connectivity index (χ2v) is 6.07. The van der Waals surface area contributed by atoms with E-state index < -0.39 is 0 Å². The van der Waals surface area contributed by atoms with Gasteiger partial charge < -0.3 is 15.2 Å². The largest absolute Gasteiger partial charge is 0.351 e. The monoisotopic (exact) mass is 301 g/mol. The van der Waals surface area contributed by atoms with E-state index in [1.54, 1.807) is 37.3 Å². The lowest BCUT2D eigenvalue weighted by Crippen LogP contribution is -2.40. The Morgan fingerprint density at radius 3 is 2.23 bits per heavy atom. The summed E-state index contributed by atoms with van der Waals surface area (Å²) in [5.41, 5.74) is 1.45. The van der Waals surface area contributed by atoms with E-state index in [9.17, 15) is 9.59 Å². The van der Waals surface area contributed by atoms with E-state index in [-0.39, 0.29) is 23.1 Å². The number of hydrogen-bond donors (Lipinski definition) is 2. The Morgan fingerprint density at radius 1 is 1.09 bits per heavy atom. The number of anilines is 1. The topological polar surface area (TPSA) is 84.2 Å². The molecular formula is C16H19N3O3. The number of hydrogen-bond acceptors (Lipinski definition) is 4. The molecule has 0 aliphatic rings. The highest BCUT2D eigenvalue weighted by Crippen LogP contribution is 2.13. The minimum atomic E-state index is -0.382. The van der Waals surface area contributed by atoms with Crippen LogP contribution in [0.2, 0.25) is 0 Å². The van der Waals surface area contributed by atoms with Crippen LogP contribution >= 0.6 is 0 Å². The normalized spacial score (nSPS) is 11.1.